The van der Waals surface area contributed by atoms with Gasteiger partial charge >= 0.3 is 5.97 Å². The highest BCUT2D eigenvalue weighted by atomic mass is 16.6. The lowest BCUT2D eigenvalue weighted by molar-refractivity contribution is -0.152. The summed E-state index contributed by atoms with van der Waals surface area (Å²) in [6, 6.07) is 8.01. The van der Waals surface area contributed by atoms with Gasteiger partial charge in [-0.3, -0.25) is 9.59 Å². The second kappa shape index (κ2) is 5.99. The largest absolute Gasteiger partial charge is 0.465 e. The van der Waals surface area contributed by atoms with Crippen LogP contribution in [0.15, 0.2) is 36.4 Å². The Morgan fingerprint density at radius 3 is 2.76 bits per heavy atom. The number of amides is 1. The van der Waals surface area contributed by atoms with Gasteiger partial charge in [-0.1, -0.05) is 38.1 Å². The summed E-state index contributed by atoms with van der Waals surface area (Å²) in [4.78, 5) is 27.4. The molecular weight excluding hydrogens is 318 g/mol. The summed E-state index contributed by atoms with van der Waals surface area (Å²) >= 11 is 0. The first-order valence-electron chi connectivity index (χ1n) is 9.04. The van der Waals surface area contributed by atoms with Gasteiger partial charge in [0.25, 0.3) is 0 Å². The molecule has 2 fully saturated rings. The quantitative estimate of drug-likeness (QED) is 0.610. The van der Waals surface area contributed by atoms with E-state index in [1.54, 1.807) is 4.90 Å². The highest BCUT2D eigenvalue weighted by molar-refractivity contribution is 6.02. The van der Waals surface area contributed by atoms with Crippen LogP contribution < -0.4 is 4.90 Å². The molecule has 2 bridgehead atoms. The van der Waals surface area contributed by atoms with E-state index in [1.807, 2.05) is 43.3 Å². The number of benzene rings is 1. The predicted octanol–water partition coefficient (Wildman–Crippen LogP) is 2.49. The number of fused-ring (bicyclic) bond motifs is 1. The number of rotatable bonds is 5. The van der Waals surface area contributed by atoms with E-state index >= 15 is 0 Å². The molecule has 5 heteroatoms. The SMILES string of the molecule is CCCOC(=O)[C@H]1[C@H]2C(=O)N(c3ccc(CC)cc3)C[C@@]23C=C[C@H]1O3. The molecule has 1 aromatic carbocycles. The van der Waals surface area contributed by atoms with Crippen LogP contribution in [-0.4, -0.2) is 36.7 Å². The fourth-order valence-electron chi connectivity index (χ4n) is 4.20. The van der Waals surface area contributed by atoms with Crippen molar-refractivity contribution in [2.45, 2.75) is 38.4 Å². The zero-order chi connectivity index (χ0) is 17.6. The lowest BCUT2D eigenvalue weighted by Crippen LogP contribution is -2.40. The molecule has 4 atom stereocenters. The van der Waals surface area contributed by atoms with Crippen LogP contribution in [0.4, 0.5) is 5.69 Å². The molecule has 5 nitrogen and oxygen atoms in total. The molecule has 3 aliphatic heterocycles. The van der Waals surface area contributed by atoms with E-state index in [9.17, 15) is 9.59 Å². The van der Waals surface area contributed by atoms with Gasteiger partial charge in [-0.05, 0) is 30.5 Å². The van der Waals surface area contributed by atoms with Crippen molar-refractivity contribution in [2.24, 2.45) is 11.8 Å². The summed E-state index contributed by atoms with van der Waals surface area (Å²) in [6.45, 7) is 4.88. The van der Waals surface area contributed by atoms with Crippen LogP contribution in [0, 0.1) is 11.8 Å². The molecule has 0 N–H and O–H groups in total. The van der Waals surface area contributed by atoms with E-state index < -0.39 is 17.4 Å². The molecule has 1 spiro atoms. The highest BCUT2D eigenvalue weighted by Crippen LogP contribution is 2.52. The van der Waals surface area contributed by atoms with E-state index in [-0.39, 0.29) is 18.0 Å². The van der Waals surface area contributed by atoms with Crippen molar-refractivity contribution in [2.75, 3.05) is 18.1 Å². The minimum atomic E-state index is -0.693. The van der Waals surface area contributed by atoms with E-state index in [0.717, 1.165) is 18.5 Å². The van der Waals surface area contributed by atoms with Crippen molar-refractivity contribution >= 4 is 17.6 Å². The Balaban J connectivity index is 1.61. The first-order valence-corrected chi connectivity index (χ1v) is 9.04. The number of anilines is 1. The molecule has 0 saturated carbocycles. The maximum Gasteiger partial charge on any atom is 0.312 e. The lowest BCUT2D eigenvalue weighted by Gasteiger charge is -2.22. The average Bonchev–Trinajstić information content (AvgIpc) is 3.28. The smallest absolute Gasteiger partial charge is 0.312 e. The van der Waals surface area contributed by atoms with Crippen LogP contribution in [0.1, 0.15) is 25.8 Å². The number of ether oxygens (including phenoxy) is 2. The number of carbonyl (C=O) groups excluding carboxylic acids is 2. The van der Waals surface area contributed by atoms with Gasteiger partial charge in [0.2, 0.25) is 5.91 Å². The standard InChI is InChI=1S/C20H23NO4/c1-3-11-24-19(23)16-15-9-10-20(25-15)12-21(18(22)17(16)20)14-7-5-13(4-2)6-8-14/h5-10,15-17H,3-4,11-12H2,1-2H3/t15-,16-,17+,20+/m1/s1. The molecule has 3 heterocycles. The molecular formula is C20H23NO4. The van der Waals surface area contributed by atoms with Gasteiger partial charge in [-0.25, -0.2) is 0 Å². The van der Waals surface area contributed by atoms with Crippen molar-refractivity contribution in [3.05, 3.63) is 42.0 Å². The van der Waals surface area contributed by atoms with Crippen molar-refractivity contribution in [1.82, 2.24) is 0 Å². The fraction of sp³-hybridized carbons (Fsp3) is 0.500. The second-order valence-corrected chi connectivity index (χ2v) is 7.01. The number of carbonyl (C=O) groups is 2. The first-order chi connectivity index (χ1) is 12.1. The van der Waals surface area contributed by atoms with Gasteiger partial charge in [-0.2, -0.15) is 0 Å². The van der Waals surface area contributed by atoms with E-state index in [1.165, 1.54) is 5.56 Å². The topological polar surface area (TPSA) is 55.8 Å². The average molecular weight is 341 g/mol. The minimum absolute atomic E-state index is 0.0467. The van der Waals surface area contributed by atoms with Crippen LogP contribution in [0.2, 0.25) is 0 Å². The molecule has 0 unspecified atom stereocenters. The number of hydrogen-bond acceptors (Lipinski definition) is 4. The Morgan fingerprint density at radius 2 is 2.08 bits per heavy atom. The summed E-state index contributed by atoms with van der Waals surface area (Å²) < 4.78 is 11.4. The maximum absolute atomic E-state index is 13.1. The van der Waals surface area contributed by atoms with Crippen molar-refractivity contribution in [3.8, 4) is 0 Å². The molecule has 132 valence electrons. The Hall–Kier alpha value is -2.14. The molecule has 1 amide bonds. The summed E-state index contributed by atoms with van der Waals surface area (Å²) in [6.07, 6.45) is 5.25. The maximum atomic E-state index is 13.1. The third kappa shape index (κ3) is 2.41. The summed E-state index contributed by atoms with van der Waals surface area (Å²) in [7, 11) is 0. The zero-order valence-electron chi connectivity index (χ0n) is 14.6. The summed E-state index contributed by atoms with van der Waals surface area (Å²) in [5.41, 5.74) is 1.39. The van der Waals surface area contributed by atoms with Crippen molar-refractivity contribution in [3.63, 3.8) is 0 Å². The predicted molar refractivity (Wildman–Crippen MR) is 93.1 cm³/mol. The third-order valence-corrected chi connectivity index (χ3v) is 5.48. The number of hydrogen-bond donors (Lipinski definition) is 0. The van der Waals surface area contributed by atoms with Crippen molar-refractivity contribution < 1.29 is 19.1 Å². The van der Waals surface area contributed by atoms with Gasteiger partial charge in [0.15, 0.2) is 0 Å². The van der Waals surface area contributed by atoms with Gasteiger partial charge in [0.1, 0.15) is 11.5 Å². The molecule has 3 aliphatic rings. The Kier molecular flexibility index (Phi) is 3.91. The van der Waals surface area contributed by atoms with E-state index in [2.05, 4.69) is 6.92 Å². The lowest BCUT2D eigenvalue weighted by atomic mass is 9.77. The zero-order valence-corrected chi connectivity index (χ0v) is 14.6. The molecule has 0 radical (unpaired) electrons. The fourth-order valence-corrected chi connectivity index (χ4v) is 4.20. The monoisotopic (exact) mass is 341 g/mol. The highest BCUT2D eigenvalue weighted by Gasteiger charge is 2.67. The van der Waals surface area contributed by atoms with Gasteiger partial charge in [-0.15, -0.1) is 0 Å². The molecule has 1 aromatic rings. The number of esters is 1. The number of aryl methyl sites for hydroxylation is 1. The van der Waals surface area contributed by atoms with Gasteiger partial charge < -0.3 is 14.4 Å². The van der Waals surface area contributed by atoms with Crippen LogP contribution in [0.25, 0.3) is 0 Å². The normalized spacial score (nSPS) is 32.3. The Bertz CT molecular complexity index is 726. The molecule has 25 heavy (non-hydrogen) atoms. The van der Waals surface area contributed by atoms with Crippen LogP contribution in [0.5, 0.6) is 0 Å². The second-order valence-electron chi connectivity index (χ2n) is 7.01. The first kappa shape index (κ1) is 16.3. The third-order valence-electron chi connectivity index (χ3n) is 5.48. The summed E-state index contributed by atoms with van der Waals surface area (Å²) in [5, 5.41) is 0. The number of nitrogens with zero attached hydrogens (tertiary/aromatic N) is 1. The van der Waals surface area contributed by atoms with Gasteiger partial charge in [0.05, 0.1) is 25.2 Å². The van der Waals surface area contributed by atoms with E-state index in [0.29, 0.717) is 13.2 Å². The minimum Gasteiger partial charge on any atom is -0.465 e. The Morgan fingerprint density at radius 1 is 1.32 bits per heavy atom. The van der Waals surface area contributed by atoms with Crippen molar-refractivity contribution in [1.29, 1.82) is 0 Å². The summed E-state index contributed by atoms with van der Waals surface area (Å²) in [5.74, 6) is -1.39. The molecule has 2 saturated heterocycles. The Labute approximate surface area is 147 Å². The molecule has 0 aliphatic carbocycles. The molecule has 4 rings (SSSR count). The van der Waals surface area contributed by atoms with Crippen LogP contribution in [-0.2, 0) is 25.5 Å². The van der Waals surface area contributed by atoms with Crippen LogP contribution >= 0.6 is 0 Å². The molecule has 0 aromatic heterocycles. The van der Waals surface area contributed by atoms with E-state index in [4.69, 9.17) is 9.47 Å². The van der Waals surface area contributed by atoms with Gasteiger partial charge in [0, 0.05) is 5.69 Å². The van der Waals surface area contributed by atoms with Crippen LogP contribution in [0.3, 0.4) is 0 Å².